The van der Waals surface area contributed by atoms with Gasteiger partial charge in [-0.05, 0) is 12.8 Å². The predicted octanol–water partition coefficient (Wildman–Crippen LogP) is -0.436. The molecule has 5 nitrogen and oxygen atoms in total. The van der Waals surface area contributed by atoms with Crippen molar-refractivity contribution in [2.75, 3.05) is 20.1 Å². The zero-order valence-electron chi connectivity index (χ0n) is 9.91. The van der Waals surface area contributed by atoms with E-state index in [0.717, 1.165) is 0 Å². The van der Waals surface area contributed by atoms with Crippen LogP contribution >= 0.6 is 0 Å². The zero-order chi connectivity index (χ0) is 12.0. The highest BCUT2D eigenvalue weighted by Gasteiger charge is 2.18. The number of nitrogens with two attached hydrogens (primary N) is 1. The smallest absolute Gasteiger partial charge is 0.241 e. The van der Waals surface area contributed by atoms with E-state index in [4.69, 9.17) is 5.73 Å². The van der Waals surface area contributed by atoms with Crippen molar-refractivity contribution in [3.8, 4) is 0 Å². The van der Waals surface area contributed by atoms with Gasteiger partial charge in [0.1, 0.15) is 0 Å². The van der Waals surface area contributed by atoms with Gasteiger partial charge in [-0.1, -0.05) is 13.8 Å². The summed E-state index contributed by atoms with van der Waals surface area (Å²) in [4.78, 5) is 24.3. The Bertz CT molecular complexity index is 229. The van der Waals surface area contributed by atoms with Crippen molar-refractivity contribution in [1.29, 1.82) is 0 Å². The quantitative estimate of drug-likeness (QED) is 0.653. The largest absolute Gasteiger partial charge is 0.346 e. The molecule has 0 aliphatic rings. The first-order chi connectivity index (χ1) is 6.90. The molecule has 0 heterocycles. The predicted molar refractivity (Wildman–Crippen MR) is 59.1 cm³/mol. The fourth-order valence-electron chi connectivity index (χ4n) is 0.895. The lowest BCUT2D eigenvalue weighted by atomic mass is 10.1. The molecule has 2 amide bonds. The molecule has 0 aromatic carbocycles. The van der Waals surface area contributed by atoms with Gasteiger partial charge in [-0.2, -0.15) is 0 Å². The fourth-order valence-corrected chi connectivity index (χ4v) is 0.895. The summed E-state index contributed by atoms with van der Waals surface area (Å²) in [5, 5.41) is 2.52. The van der Waals surface area contributed by atoms with Gasteiger partial charge in [0.15, 0.2) is 0 Å². The van der Waals surface area contributed by atoms with Crippen molar-refractivity contribution < 1.29 is 9.59 Å². The second-order valence-corrected chi connectivity index (χ2v) is 3.90. The molecule has 15 heavy (non-hydrogen) atoms. The molecule has 0 radical (unpaired) electrons. The van der Waals surface area contributed by atoms with Gasteiger partial charge in [-0.25, -0.2) is 0 Å². The van der Waals surface area contributed by atoms with Crippen molar-refractivity contribution >= 4 is 11.8 Å². The lowest BCUT2D eigenvalue weighted by Crippen LogP contribution is -2.47. The standard InChI is InChI=1S/C10H21N3O2/c1-5-13(4)8(14)6-12-10(15)9(11)7(2)3/h7,9H,5-6,11H2,1-4H3,(H,12,15)/t9-/m1/s1. The van der Waals surface area contributed by atoms with E-state index in [2.05, 4.69) is 5.32 Å². The van der Waals surface area contributed by atoms with Crippen molar-refractivity contribution in [3.63, 3.8) is 0 Å². The van der Waals surface area contributed by atoms with Gasteiger partial charge in [0.2, 0.25) is 11.8 Å². The van der Waals surface area contributed by atoms with Crippen LogP contribution in [0.4, 0.5) is 0 Å². The maximum absolute atomic E-state index is 11.4. The number of amides is 2. The topological polar surface area (TPSA) is 75.4 Å². The Kier molecular flexibility index (Phi) is 5.93. The van der Waals surface area contributed by atoms with Crippen molar-refractivity contribution in [3.05, 3.63) is 0 Å². The minimum atomic E-state index is -0.551. The number of hydrogen-bond acceptors (Lipinski definition) is 3. The maximum atomic E-state index is 11.4. The van der Waals surface area contributed by atoms with Crippen LogP contribution in [0.25, 0.3) is 0 Å². The molecule has 1 atom stereocenters. The number of nitrogens with zero attached hydrogens (tertiary/aromatic N) is 1. The minimum Gasteiger partial charge on any atom is -0.346 e. The first kappa shape index (κ1) is 13.9. The van der Waals surface area contributed by atoms with Gasteiger partial charge in [0, 0.05) is 13.6 Å². The van der Waals surface area contributed by atoms with E-state index in [9.17, 15) is 9.59 Å². The van der Waals surface area contributed by atoms with Crippen LogP contribution in [0.3, 0.4) is 0 Å². The normalized spacial score (nSPS) is 12.4. The van der Waals surface area contributed by atoms with Crippen LogP contribution in [0.2, 0.25) is 0 Å². The summed E-state index contributed by atoms with van der Waals surface area (Å²) in [5.41, 5.74) is 5.62. The highest BCUT2D eigenvalue weighted by molar-refractivity contribution is 5.87. The summed E-state index contributed by atoms with van der Waals surface area (Å²) >= 11 is 0. The molecular formula is C10H21N3O2. The van der Waals surface area contributed by atoms with Gasteiger partial charge >= 0.3 is 0 Å². The molecule has 0 aromatic heterocycles. The highest BCUT2D eigenvalue weighted by atomic mass is 16.2. The average molecular weight is 215 g/mol. The van der Waals surface area contributed by atoms with E-state index in [1.807, 2.05) is 20.8 Å². The van der Waals surface area contributed by atoms with Crippen molar-refractivity contribution in [2.45, 2.75) is 26.8 Å². The van der Waals surface area contributed by atoms with E-state index in [1.54, 1.807) is 11.9 Å². The Morgan fingerprint density at radius 2 is 1.93 bits per heavy atom. The minimum absolute atomic E-state index is 0.0175. The fraction of sp³-hybridized carbons (Fsp3) is 0.800. The molecule has 0 saturated heterocycles. The van der Waals surface area contributed by atoms with E-state index in [0.29, 0.717) is 6.54 Å². The summed E-state index contributed by atoms with van der Waals surface area (Å²) in [6.07, 6.45) is 0. The summed E-state index contributed by atoms with van der Waals surface area (Å²) < 4.78 is 0. The summed E-state index contributed by atoms with van der Waals surface area (Å²) in [5.74, 6) is -0.311. The lowest BCUT2D eigenvalue weighted by molar-refractivity contribution is -0.132. The van der Waals surface area contributed by atoms with Crippen LogP contribution in [0, 0.1) is 5.92 Å². The van der Waals surface area contributed by atoms with Gasteiger partial charge in [-0.15, -0.1) is 0 Å². The molecule has 0 aliphatic carbocycles. The van der Waals surface area contributed by atoms with Gasteiger partial charge in [-0.3, -0.25) is 9.59 Å². The molecule has 88 valence electrons. The van der Waals surface area contributed by atoms with Crippen LogP contribution in [0.15, 0.2) is 0 Å². The van der Waals surface area contributed by atoms with Gasteiger partial charge in [0.05, 0.1) is 12.6 Å². The maximum Gasteiger partial charge on any atom is 0.241 e. The molecule has 0 saturated carbocycles. The average Bonchev–Trinajstić information content (AvgIpc) is 2.22. The van der Waals surface area contributed by atoms with Crippen LogP contribution in [0.1, 0.15) is 20.8 Å². The van der Waals surface area contributed by atoms with Gasteiger partial charge in [0.25, 0.3) is 0 Å². The SMILES string of the molecule is CCN(C)C(=O)CNC(=O)[C@H](N)C(C)C. The first-order valence-electron chi connectivity index (χ1n) is 5.17. The van der Waals surface area contributed by atoms with Crippen LogP contribution in [0.5, 0.6) is 0 Å². The van der Waals surface area contributed by atoms with Crippen LogP contribution < -0.4 is 11.1 Å². The van der Waals surface area contributed by atoms with Crippen molar-refractivity contribution in [2.24, 2.45) is 11.7 Å². The van der Waals surface area contributed by atoms with E-state index >= 15 is 0 Å². The Hall–Kier alpha value is -1.10. The number of hydrogen-bond donors (Lipinski definition) is 2. The van der Waals surface area contributed by atoms with E-state index < -0.39 is 6.04 Å². The third-order valence-corrected chi connectivity index (χ3v) is 2.33. The second kappa shape index (κ2) is 6.40. The molecule has 0 unspecified atom stereocenters. The van der Waals surface area contributed by atoms with Crippen LogP contribution in [-0.2, 0) is 9.59 Å². The Morgan fingerprint density at radius 3 is 2.33 bits per heavy atom. The molecule has 0 rings (SSSR count). The van der Waals surface area contributed by atoms with E-state index in [-0.39, 0.29) is 24.3 Å². The molecule has 0 spiro atoms. The number of carbonyl (C=O) groups is 2. The lowest BCUT2D eigenvalue weighted by Gasteiger charge is -2.18. The molecule has 0 bridgehead atoms. The number of nitrogens with one attached hydrogen (secondary N) is 1. The van der Waals surface area contributed by atoms with Gasteiger partial charge < -0.3 is 16.0 Å². The molecule has 0 aromatic rings. The molecule has 0 aliphatic heterocycles. The molecule has 5 heteroatoms. The van der Waals surface area contributed by atoms with E-state index in [1.165, 1.54) is 0 Å². The van der Waals surface area contributed by atoms with Crippen LogP contribution in [-0.4, -0.2) is 42.9 Å². The third-order valence-electron chi connectivity index (χ3n) is 2.33. The number of rotatable bonds is 5. The molecule has 3 N–H and O–H groups in total. The monoisotopic (exact) mass is 215 g/mol. The molecular weight excluding hydrogens is 194 g/mol. The second-order valence-electron chi connectivity index (χ2n) is 3.90. The first-order valence-corrected chi connectivity index (χ1v) is 5.17. The summed E-state index contributed by atoms with van der Waals surface area (Å²) in [7, 11) is 1.69. The highest BCUT2D eigenvalue weighted by Crippen LogP contribution is 1.97. The Labute approximate surface area is 91.0 Å². The Morgan fingerprint density at radius 1 is 1.40 bits per heavy atom. The Balaban J connectivity index is 3.96. The molecule has 0 fully saturated rings. The third kappa shape index (κ3) is 4.78. The number of likely N-dealkylation sites (N-methyl/N-ethyl adjacent to an activating group) is 1. The number of carbonyl (C=O) groups excluding carboxylic acids is 2. The summed E-state index contributed by atoms with van der Waals surface area (Å²) in [6, 6.07) is -0.551. The summed E-state index contributed by atoms with van der Waals surface area (Å²) in [6.45, 7) is 6.25. The zero-order valence-corrected chi connectivity index (χ0v) is 9.91. The van der Waals surface area contributed by atoms with Crippen molar-refractivity contribution in [1.82, 2.24) is 10.2 Å².